The van der Waals surface area contributed by atoms with Gasteiger partial charge in [0.05, 0.1) is 10.5 Å². The maximum Gasteiger partial charge on any atom is 0.255 e. The lowest BCUT2D eigenvalue weighted by molar-refractivity contribution is 0.0761. The summed E-state index contributed by atoms with van der Waals surface area (Å²) in [6.45, 7) is 3.57. The van der Waals surface area contributed by atoms with Gasteiger partial charge in [0.25, 0.3) is 5.91 Å². The van der Waals surface area contributed by atoms with Crippen molar-refractivity contribution in [2.75, 3.05) is 26.2 Å². The average molecular weight is 487 g/mol. The quantitative estimate of drug-likeness (QED) is 0.466. The molecule has 1 amide bonds. The fourth-order valence-electron chi connectivity index (χ4n) is 3.67. The Morgan fingerprint density at radius 1 is 1.00 bits per heavy atom. The molecular weight excluding hydrogens is 460 g/mol. The first-order chi connectivity index (χ1) is 15.4. The third-order valence-corrected chi connectivity index (χ3v) is 9.28. The standard InChI is InChI=1S/C24H26N2O3S3/c1-19-7-9-21(10-8-19)32(28,29)26-13-4-12-25(14-15-26)24(27)22-5-2-3-6-23(22)31-18-20-11-16-30-17-20/h2-3,5-11,16-17H,4,12-15,18H2,1H3. The third-order valence-electron chi connectivity index (χ3n) is 5.49. The van der Waals surface area contributed by atoms with Crippen LogP contribution in [0.25, 0.3) is 0 Å². The minimum absolute atomic E-state index is 0.0343. The maximum atomic E-state index is 13.3. The maximum absolute atomic E-state index is 13.3. The number of carbonyl (C=O) groups excluding carboxylic acids is 1. The molecule has 1 saturated heterocycles. The first-order valence-electron chi connectivity index (χ1n) is 10.5. The SMILES string of the molecule is Cc1ccc(S(=O)(=O)N2CCCN(C(=O)c3ccccc3SCc3ccsc3)CC2)cc1. The van der Waals surface area contributed by atoms with Crippen LogP contribution in [0.1, 0.15) is 27.9 Å². The summed E-state index contributed by atoms with van der Waals surface area (Å²) in [6.07, 6.45) is 0.612. The van der Waals surface area contributed by atoms with Gasteiger partial charge in [-0.25, -0.2) is 8.42 Å². The topological polar surface area (TPSA) is 57.7 Å². The van der Waals surface area contributed by atoms with Crippen molar-refractivity contribution < 1.29 is 13.2 Å². The number of hydrogen-bond acceptors (Lipinski definition) is 5. The van der Waals surface area contributed by atoms with Crippen LogP contribution in [0.4, 0.5) is 0 Å². The molecule has 1 aromatic heterocycles. The van der Waals surface area contributed by atoms with Crippen LogP contribution in [-0.4, -0.2) is 49.7 Å². The molecular formula is C24H26N2O3S3. The van der Waals surface area contributed by atoms with E-state index in [4.69, 9.17) is 0 Å². The highest BCUT2D eigenvalue weighted by atomic mass is 32.2. The van der Waals surface area contributed by atoms with Crippen molar-refractivity contribution in [3.8, 4) is 0 Å². The van der Waals surface area contributed by atoms with Crippen LogP contribution in [0, 0.1) is 6.92 Å². The van der Waals surface area contributed by atoms with Crippen molar-refractivity contribution in [3.63, 3.8) is 0 Å². The van der Waals surface area contributed by atoms with Crippen LogP contribution in [-0.2, 0) is 15.8 Å². The first kappa shape index (κ1) is 23.0. The highest BCUT2D eigenvalue weighted by molar-refractivity contribution is 7.98. The molecule has 1 aliphatic rings. The summed E-state index contributed by atoms with van der Waals surface area (Å²) in [5.74, 6) is 0.782. The van der Waals surface area contributed by atoms with Crippen LogP contribution in [0.2, 0.25) is 0 Å². The lowest BCUT2D eigenvalue weighted by Crippen LogP contribution is -2.37. The van der Waals surface area contributed by atoms with Crippen molar-refractivity contribution in [2.24, 2.45) is 0 Å². The monoisotopic (exact) mass is 486 g/mol. The molecule has 1 fully saturated rings. The van der Waals surface area contributed by atoms with Crippen molar-refractivity contribution in [3.05, 3.63) is 82.0 Å². The fourth-order valence-corrected chi connectivity index (χ4v) is 6.90. The molecule has 0 atom stereocenters. The molecule has 0 bridgehead atoms. The second-order valence-electron chi connectivity index (χ2n) is 7.78. The minimum Gasteiger partial charge on any atom is -0.337 e. The van der Waals surface area contributed by atoms with E-state index in [0.29, 0.717) is 43.1 Å². The third kappa shape index (κ3) is 5.26. The molecule has 0 saturated carbocycles. The largest absolute Gasteiger partial charge is 0.337 e. The molecule has 1 aliphatic heterocycles. The number of sulfonamides is 1. The molecule has 0 aliphatic carbocycles. The van der Waals surface area contributed by atoms with Crippen LogP contribution in [0.3, 0.4) is 0 Å². The average Bonchev–Trinajstić information content (AvgIpc) is 3.19. The number of carbonyl (C=O) groups is 1. The van der Waals surface area contributed by atoms with Crippen LogP contribution < -0.4 is 0 Å². The van der Waals surface area contributed by atoms with Crippen LogP contribution in [0.5, 0.6) is 0 Å². The summed E-state index contributed by atoms with van der Waals surface area (Å²) in [5.41, 5.74) is 2.95. The smallest absolute Gasteiger partial charge is 0.255 e. The lowest BCUT2D eigenvalue weighted by atomic mass is 10.2. The number of aryl methyl sites for hydroxylation is 1. The Kier molecular flexibility index (Phi) is 7.35. The fraction of sp³-hybridized carbons (Fsp3) is 0.292. The Balaban J connectivity index is 1.45. The number of amides is 1. The molecule has 3 aromatic rings. The van der Waals surface area contributed by atoms with Gasteiger partial charge in [0.1, 0.15) is 0 Å². The number of hydrogen-bond donors (Lipinski definition) is 0. The zero-order chi connectivity index (χ0) is 22.6. The molecule has 2 aromatic carbocycles. The Bertz CT molecular complexity index is 1160. The molecule has 0 unspecified atom stereocenters. The van der Waals surface area contributed by atoms with Gasteiger partial charge >= 0.3 is 0 Å². The Morgan fingerprint density at radius 3 is 2.53 bits per heavy atom. The summed E-state index contributed by atoms with van der Waals surface area (Å²) >= 11 is 3.33. The number of thioether (sulfide) groups is 1. The molecule has 5 nitrogen and oxygen atoms in total. The zero-order valence-corrected chi connectivity index (χ0v) is 20.4. The van der Waals surface area contributed by atoms with Gasteiger partial charge in [-0.15, -0.1) is 11.8 Å². The van der Waals surface area contributed by atoms with E-state index in [1.165, 1.54) is 9.87 Å². The molecule has 2 heterocycles. The van der Waals surface area contributed by atoms with Gasteiger partial charge in [-0.05, 0) is 60.0 Å². The summed E-state index contributed by atoms with van der Waals surface area (Å²) in [7, 11) is -3.57. The van der Waals surface area contributed by atoms with E-state index in [1.54, 1.807) is 40.1 Å². The second-order valence-corrected chi connectivity index (χ2v) is 11.5. The van der Waals surface area contributed by atoms with Gasteiger partial charge in [0.15, 0.2) is 0 Å². The number of rotatable bonds is 6. The first-order valence-corrected chi connectivity index (χ1v) is 13.9. The molecule has 0 N–H and O–H groups in total. The van der Waals surface area contributed by atoms with Gasteiger partial charge in [-0.1, -0.05) is 29.8 Å². The van der Waals surface area contributed by atoms with Gasteiger partial charge in [-0.2, -0.15) is 15.6 Å². The Labute approximate surface area is 198 Å². The molecule has 4 rings (SSSR count). The Morgan fingerprint density at radius 2 is 1.78 bits per heavy atom. The molecule has 8 heteroatoms. The highest BCUT2D eigenvalue weighted by Crippen LogP contribution is 2.28. The van der Waals surface area contributed by atoms with Crippen molar-refractivity contribution in [1.82, 2.24) is 9.21 Å². The molecule has 32 heavy (non-hydrogen) atoms. The van der Waals surface area contributed by atoms with E-state index in [0.717, 1.165) is 16.2 Å². The van der Waals surface area contributed by atoms with Gasteiger partial charge in [0, 0.05) is 36.8 Å². The Hall–Kier alpha value is -2.13. The van der Waals surface area contributed by atoms with Crippen LogP contribution in [0.15, 0.2) is 75.1 Å². The minimum atomic E-state index is -3.57. The predicted octanol–water partition coefficient (Wildman–Crippen LogP) is 4.89. The summed E-state index contributed by atoms with van der Waals surface area (Å²) in [6, 6.07) is 16.7. The second kappa shape index (κ2) is 10.2. The number of nitrogens with zero attached hydrogens (tertiary/aromatic N) is 2. The predicted molar refractivity (Wildman–Crippen MR) is 131 cm³/mol. The molecule has 0 radical (unpaired) electrons. The van der Waals surface area contributed by atoms with Crippen molar-refractivity contribution >= 4 is 39.0 Å². The summed E-state index contributed by atoms with van der Waals surface area (Å²) < 4.78 is 27.6. The van der Waals surface area contributed by atoms with Gasteiger partial charge in [-0.3, -0.25) is 4.79 Å². The number of benzene rings is 2. The zero-order valence-electron chi connectivity index (χ0n) is 17.9. The summed E-state index contributed by atoms with van der Waals surface area (Å²) in [4.78, 5) is 16.4. The highest BCUT2D eigenvalue weighted by Gasteiger charge is 2.29. The van der Waals surface area contributed by atoms with Crippen molar-refractivity contribution in [2.45, 2.75) is 28.9 Å². The van der Waals surface area contributed by atoms with E-state index in [-0.39, 0.29) is 5.91 Å². The number of thiophene rings is 1. The molecule has 0 spiro atoms. The summed E-state index contributed by atoms with van der Waals surface area (Å²) in [5, 5.41) is 4.18. The van der Waals surface area contributed by atoms with E-state index in [1.807, 2.05) is 43.3 Å². The van der Waals surface area contributed by atoms with E-state index >= 15 is 0 Å². The molecule has 168 valence electrons. The lowest BCUT2D eigenvalue weighted by Gasteiger charge is -2.23. The van der Waals surface area contributed by atoms with Crippen LogP contribution >= 0.6 is 23.1 Å². The van der Waals surface area contributed by atoms with Gasteiger partial charge in [0.2, 0.25) is 10.0 Å². The van der Waals surface area contributed by atoms with E-state index < -0.39 is 10.0 Å². The van der Waals surface area contributed by atoms with Gasteiger partial charge < -0.3 is 4.90 Å². The van der Waals surface area contributed by atoms with Crippen molar-refractivity contribution in [1.29, 1.82) is 0 Å². The van der Waals surface area contributed by atoms with E-state index in [2.05, 4.69) is 16.8 Å². The van der Waals surface area contributed by atoms with E-state index in [9.17, 15) is 13.2 Å². The normalized spacial score (nSPS) is 15.5.